The van der Waals surface area contributed by atoms with Crippen molar-refractivity contribution in [1.29, 1.82) is 5.26 Å². The first kappa shape index (κ1) is 24.4. The van der Waals surface area contributed by atoms with Gasteiger partial charge in [-0.25, -0.2) is 0 Å². The Morgan fingerprint density at radius 1 is 1.19 bits per heavy atom. The molecule has 1 aliphatic heterocycles. The van der Waals surface area contributed by atoms with Crippen molar-refractivity contribution < 1.29 is 19.1 Å². The van der Waals surface area contributed by atoms with Crippen LogP contribution in [0.4, 0.5) is 0 Å². The van der Waals surface area contributed by atoms with E-state index in [1.54, 1.807) is 0 Å². The van der Waals surface area contributed by atoms with E-state index in [0.717, 1.165) is 24.8 Å². The molecule has 168 valence electrons. The molecule has 0 radical (unpaired) electrons. The topological polar surface area (TPSA) is 126 Å². The van der Waals surface area contributed by atoms with E-state index in [0.29, 0.717) is 32.4 Å². The van der Waals surface area contributed by atoms with E-state index < -0.39 is 12.1 Å². The third-order valence-electron chi connectivity index (χ3n) is 5.31. The Labute approximate surface area is 183 Å². The predicted molar refractivity (Wildman–Crippen MR) is 115 cm³/mol. The first-order valence-corrected chi connectivity index (χ1v) is 10.9. The van der Waals surface area contributed by atoms with Gasteiger partial charge in [0.1, 0.15) is 12.6 Å². The van der Waals surface area contributed by atoms with Gasteiger partial charge in [-0.15, -0.1) is 0 Å². The van der Waals surface area contributed by atoms with Crippen molar-refractivity contribution in [2.45, 2.75) is 70.1 Å². The molecule has 8 nitrogen and oxygen atoms in total. The average Bonchev–Trinajstić information content (AvgIpc) is 3.27. The van der Waals surface area contributed by atoms with E-state index in [1.165, 1.54) is 4.90 Å². The summed E-state index contributed by atoms with van der Waals surface area (Å²) in [6, 6.07) is 10.5. The Bertz CT molecular complexity index is 763. The predicted octanol–water partition coefficient (Wildman–Crippen LogP) is 2.03. The van der Waals surface area contributed by atoms with Crippen molar-refractivity contribution in [1.82, 2.24) is 10.2 Å². The fourth-order valence-corrected chi connectivity index (χ4v) is 3.49. The minimum atomic E-state index is -0.762. The lowest BCUT2D eigenvalue weighted by molar-refractivity contribution is -0.145. The highest BCUT2D eigenvalue weighted by atomic mass is 16.5. The number of amides is 2. The minimum absolute atomic E-state index is 0.149. The highest BCUT2D eigenvalue weighted by Crippen LogP contribution is 2.18. The Kier molecular flexibility index (Phi) is 10.5. The van der Waals surface area contributed by atoms with Crippen LogP contribution >= 0.6 is 0 Å². The van der Waals surface area contributed by atoms with E-state index in [9.17, 15) is 14.4 Å². The van der Waals surface area contributed by atoms with Gasteiger partial charge in [0.25, 0.3) is 0 Å². The van der Waals surface area contributed by atoms with Crippen LogP contribution < -0.4 is 11.1 Å². The Morgan fingerprint density at radius 2 is 1.97 bits per heavy atom. The second kappa shape index (κ2) is 13.4. The number of rotatable bonds is 12. The maximum atomic E-state index is 12.3. The summed E-state index contributed by atoms with van der Waals surface area (Å²) in [5.41, 5.74) is 6.89. The normalized spacial score (nSPS) is 16.4. The van der Waals surface area contributed by atoms with Crippen LogP contribution in [0.2, 0.25) is 0 Å². The monoisotopic (exact) mass is 428 g/mol. The Morgan fingerprint density at radius 3 is 2.71 bits per heavy atom. The number of hydrogen-bond donors (Lipinski definition) is 2. The molecule has 1 heterocycles. The first-order chi connectivity index (χ1) is 15.0. The second-order valence-electron chi connectivity index (χ2n) is 7.77. The summed E-state index contributed by atoms with van der Waals surface area (Å²) >= 11 is 0. The van der Waals surface area contributed by atoms with E-state index in [-0.39, 0.29) is 37.2 Å². The molecule has 1 aromatic carbocycles. The van der Waals surface area contributed by atoms with Crippen molar-refractivity contribution >= 4 is 17.8 Å². The number of hydrogen-bond acceptors (Lipinski definition) is 6. The number of carbonyl (C=O) groups excluding carboxylic acids is 3. The van der Waals surface area contributed by atoms with Gasteiger partial charge in [-0.2, -0.15) is 5.26 Å². The molecule has 2 atom stereocenters. The lowest BCUT2D eigenvalue weighted by Crippen LogP contribution is -2.46. The zero-order valence-electron chi connectivity index (χ0n) is 17.9. The van der Waals surface area contributed by atoms with Crippen molar-refractivity contribution in [3.63, 3.8) is 0 Å². The summed E-state index contributed by atoms with van der Waals surface area (Å²) in [4.78, 5) is 37.5. The molecule has 0 bridgehead atoms. The fourth-order valence-electron chi connectivity index (χ4n) is 3.49. The molecule has 1 fully saturated rings. The summed E-state index contributed by atoms with van der Waals surface area (Å²) in [5.74, 6) is -0.622. The maximum absolute atomic E-state index is 12.3. The molecule has 1 aliphatic rings. The number of nitrogens with two attached hydrogens (primary N) is 1. The van der Waals surface area contributed by atoms with E-state index in [4.69, 9.17) is 15.7 Å². The number of nitrogens with one attached hydrogen (secondary N) is 1. The molecule has 1 aromatic rings. The van der Waals surface area contributed by atoms with Gasteiger partial charge in [-0.1, -0.05) is 36.8 Å². The largest absolute Gasteiger partial charge is 0.461 e. The van der Waals surface area contributed by atoms with Crippen LogP contribution in [-0.4, -0.2) is 47.9 Å². The van der Waals surface area contributed by atoms with Gasteiger partial charge in [0.15, 0.2) is 0 Å². The molecule has 0 aliphatic carbocycles. The molecule has 0 unspecified atom stereocenters. The maximum Gasteiger partial charge on any atom is 0.306 e. The van der Waals surface area contributed by atoms with Crippen LogP contribution in [0.3, 0.4) is 0 Å². The number of nitrogens with zero attached hydrogens (tertiary/aromatic N) is 2. The van der Waals surface area contributed by atoms with Crippen LogP contribution in [0.25, 0.3) is 0 Å². The Hall–Kier alpha value is -2.92. The van der Waals surface area contributed by atoms with Gasteiger partial charge < -0.3 is 20.7 Å². The summed E-state index contributed by atoms with van der Waals surface area (Å²) in [6.07, 6.45) is 4.55. The summed E-state index contributed by atoms with van der Waals surface area (Å²) in [7, 11) is 0. The number of likely N-dealkylation sites (tertiary alicyclic amines) is 1. The van der Waals surface area contributed by atoms with Gasteiger partial charge in [-0.05, 0) is 37.7 Å². The van der Waals surface area contributed by atoms with Crippen molar-refractivity contribution in [3.05, 3.63) is 35.9 Å². The number of unbranched alkanes of at least 4 members (excludes halogenated alkanes) is 2. The lowest BCUT2D eigenvalue weighted by Gasteiger charge is -2.23. The molecule has 31 heavy (non-hydrogen) atoms. The molecule has 1 saturated heterocycles. The molecule has 2 rings (SSSR count). The highest BCUT2D eigenvalue weighted by Gasteiger charge is 2.31. The van der Waals surface area contributed by atoms with Crippen molar-refractivity contribution in [3.8, 4) is 6.07 Å². The van der Waals surface area contributed by atoms with Gasteiger partial charge >= 0.3 is 5.97 Å². The zero-order valence-corrected chi connectivity index (χ0v) is 17.9. The van der Waals surface area contributed by atoms with Gasteiger partial charge in [0, 0.05) is 25.9 Å². The summed E-state index contributed by atoms with van der Waals surface area (Å²) in [5, 5.41) is 11.9. The van der Waals surface area contributed by atoms with Crippen LogP contribution in [0, 0.1) is 11.3 Å². The van der Waals surface area contributed by atoms with E-state index in [1.807, 2.05) is 30.3 Å². The quantitative estimate of drug-likeness (QED) is 0.388. The third kappa shape index (κ3) is 8.77. The summed E-state index contributed by atoms with van der Waals surface area (Å²) < 4.78 is 5.23. The minimum Gasteiger partial charge on any atom is -0.461 e. The molecular formula is C23H32N4O4. The number of esters is 1. The molecule has 8 heteroatoms. The number of benzene rings is 1. The lowest BCUT2D eigenvalue weighted by atomic mass is 10.1. The molecule has 0 aromatic heterocycles. The standard InChI is InChI=1S/C23H32N4O4/c24-16-19-10-7-15-27(19)23(30)20(25)12-13-21(28)26-14-6-2-5-11-22(29)31-17-18-8-3-1-4-9-18/h1,3-4,8-9,19-20H,2,5-7,10-15,17,25H2,(H,26,28)/t19-,20-/m0/s1. The SMILES string of the molecule is N#C[C@@H]1CCCN1C(=O)[C@@H](N)CCC(=O)NCCCCCC(=O)OCc1ccccc1. The van der Waals surface area contributed by atoms with Gasteiger partial charge in [-0.3, -0.25) is 14.4 Å². The number of ether oxygens (including phenoxy) is 1. The molecular weight excluding hydrogens is 396 g/mol. The van der Waals surface area contributed by atoms with Crippen LogP contribution in [0.5, 0.6) is 0 Å². The number of nitriles is 1. The number of carbonyl (C=O) groups is 3. The zero-order chi connectivity index (χ0) is 22.5. The van der Waals surface area contributed by atoms with Crippen LogP contribution in [0.1, 0.15) is 56.9 Å². The van der Waals surface area contributed by atoms with Gasteiger partial charge in [0.2, 0.25) is 11.8 Å². The van der Waals surface area contributed by atoms with E-state index >= 15 is 0 Å². The summed E-state index contributed by atoms with van der Waals surface area (Å²) in [6.45, 7) is 1.36. The van der Waals surface area contributed by atoms with Gasteiger partial charge in [0.05, 0.1) is 12.1 Å². The Balaban J connectivity index is 1.49. The second-order valence-corrected chi connectivity index (χ2v) is 7.77. The molecule has 0 spiro atoms. The molecule has 0 saturated carbocycles. The van der Waals surface area contributed by atoms with Crippen molar-refractivity contribution in [2.75, 3.05) is 13.1 Å². The average molecular weight is 429 g/mol. The third-order valence-corrected chi connectivity index (χ3v) is 5.31. The van der Waals surface area contributed by atoms with Crippen LogP contribution in [-0.2, 0) is 25.7 Å². The molecule has 2 amide bonds. The first-order valence-electron chi connectivity index (χ1n) is 10.9. The smallest absolute Gasteiger partial charge is 0.306 e. The molecule has 3 N–H and O–H groups in total. The van der Waals surface area contributed by atoms with Crippen LogP contribution in [0.15, 0.2) is 30.3 Å². The van der Waals surface area contributed by atoms with Crippen molar-refractivity contribution in [2.24, 2.45) is 5.73 Å². The fraction of sp³-hybridized carbons (Fsp3) is 0.565. The van der Waals surface area contributed by atoms with E-state index in [2.05, 4.69) is 11.4 Å². The highest BCUT2D eigenvalue weighted by molar-refractivity contribution is 5.83.